The van der Waals surface area contributed by atoms with Crippen LogP contribution in [0.5, 0.6) is 0 Å². The van der Waals surface area contributed by atoms with Crippen molar-refractivity contribution in [2.24, 2.45) is 46.3 Å². The van der Waals surface area contributed by atoms with Gasteiger partial charge in [-0.25, -0.2) is 0 Å². The summed E-state index contributed by atoms with van der Waals surface area (Å²) in [6.45, 7) is 10.2. The molecule has 48 heavy (non-hydrogen) atoms. The smallest absolute Gasteiger partial charge is 0.0634 e. The van der Waals surface area contributed by atoms with Gasteiger partial charge in [0.2, 0.25) is 0 Å². The van der Waals surface area contributed by atoms with Gasteiger partial charge in [-0.05, 0) is 134 Å². The Bertz CT molecular complexity index is 1480. The molecule has 3 aromatic rings. The van der Waals surface area contributed by atoms with Gasteiger partial charge in [-0.1, -0.05) is 123 Å². The largest absolute Gasteiger partial charge is 0.393 e. The highest BCUT2D eigenvalue weighted by atomic mass is 16.5. The summed E-state index contributed by atoms with van der Waals surface area (Å²) in [5.41, 5.74) is 5.86. The summed E-state index contributed by atoms with van der Waals surface area (Å²) in [5, 5.41) is 10.5. The molecule has 0 radical (unpaired) electrons. The Labute approximate surface area is 290 Å². The Morgan fingerprint density at radius 2 is 1.35 bits per heavy atom. The summed E-state index contributed by atoms with van der Waals surface area (Å²) in [6.07, 6.45) is 15.5. The minimum Gasteiger partial charge on any atom is -0.393 e. The number of aliphatic hydroxyl groups excluding tert-OH is 1. The standard InChI is InChI=1S/C46H58O2/c1-31(30-46(33-14-8-5-9-15-33,34-16-10-6-11-17-34)35-18-12-7-13-19-35)20-23-41-32(2)43-42(48-41)29-40-38-22-21-36-28-37(47)24-26-44(36,3)39(38)25-27-45(40,43)4/h5-19,30,32,36-43,47H,20-29H2,1-4H3/t32-,36?,37?,38-,39+,40+,41?,42+,43+,44+,45+/m1/s1. The molecule has 1 saturated heterocycles. The van der Waals surface area contributed by atoms with Gasteiger partial charge in [0.05, 0.1) is 23.7 Å². The van der Waals surface area contributed by atoms with E-state index in [9.17, 15) is 5.11 Å². The van der Waals surface area contributed by atoms with Crippen molar-refractivity contribution in [3.05, 3.63) is 119 Å². The molecule has 254 valence electrons. The van der Waals surface area contributed by atoms with Crippen molar-refractivity contribution in [3.8, 4) is 0 Å². The van der Waals surface area contributed by atoms with Crippen LogP contribution in [0.25, 0.3) is 0 Å². The van der Waals surface area contributed by atoms with E-state index in [4.69, 9.17) is 4.74 Å². The minimum absolute atomic E-state index is 0.0598. The van der Waals surface area contributed by atoms with Gasteiger partial charge in [-0.2, -0.15) is 0 Å². The molecule has 1 heterocycles. The lowest BCUT2D eigenvalue weighted by molar-refractivity contribution is -0.130. The zero-order valence-electron chi connectivity index (χ0n) is 29.9. The molecule has 0 spiro atoms. The SMILES string of the molecule is CC(=CC(c1ccccc1)(c1ccccc1)c1ccccc1)CCC1O[C@H]2C[C@H]3[C@@H]4CCC5CC(O)CC[C@]5(C)[C@H]4CC[C@]3(C)[C@H]2[C@@H]1C. The molecule has 8 rings (SSSR count). The Morgan fingerprint density at radius 1 is 0.771 bits per heavy atom. The number of rotatable bonds is 7. The van der Waals surface area contributed by atoms with E-state index >= 15 is 0 Å². The fraction of sp³-hybridized carbons (Fsp3) is 0.565. The zero-order valence-corrected chi connectivity index (χ0v) is 29.9. The molecule has 5 fully saturated rings. The normalized spacial score (nSPS) is 39.3. The van der Waals surface area contributed by atoms with Crippen molar-refractivity contribution in [1.82, 2.24) is 0 Å². The Balaban J connectivity index is 1.02. The number of fused-ring (bicyclic) bond motifs is 7. The van der Waals surface area contributed by atoms with E-state index in [0.29, 0.717) is 34.9 Å². The van der Waals surface area contributed by atoms with Gasteiger partial charge in [0.15, 0.2) is 0 Å². The number of benzene rings is 3. The second kappa shape index (κ2) is 12.6. The minimum atomic E-state index is -0.349. The summed E-state index contributed by atoms with van der Waals surface area (Å²) in [6, 6.07) is 33.2. The van der Waals surface area contributed by atoms with Crippen LogP contribution in [-0.2, 0) is 10.2 Å². The third-order valence-electron chi connectivity index (χ3n) is 15.2. The summed E-state index contributed by atoms with van der Waals surface area (Å²) in [7, 11) is 0. The zero-order chi connectivity index (χ0) is 33.1. The number of ether oxygens (including phenoxy) is 1. The van der Waals surface area contributed by atoms with E-state index in [0.717, 1.165) is 49.4 Å². The average molecular weight is 643 g/mol. The van der Waals surface area contributed by atoms with Gasteiger partial charge in [0.1, 0.15) is 0 Å². The lowest BCUT2D eigenvalue weighted by atomic mass is 9.44. The first-order valence-electron chi connectivity index (χ1n) is 19.4. The van der Waals surface area contributed by atoms with Crippen LogP contribution >= 0.6 is 0 Å². The predicted octanol–water partition coefficient (Wildman–Crippen LogP) is 10.8. The van der Waals surface area contributed by atoms with Crippen molar-refractivity contribution >= 4 is 0 Å². The average Bonchev–Trinajstić information content (AvgIpc) is 3.60. The molecule has 0 amide bonds. The van der Waals surface area contributed by atoms with Crippen LogP contribution in [0.3, 0.4) is 0 Å². The van der Waals surface area contributed by atoms with Crippen LogP contribution in [-0.4, -0.2) is 23.4 Å². The number of allylic oxidation sites excluding steroid dienone is 2. The van der Waals surface area contributed by atoms with Crippen molar-refractivity contribution in [2.75, 3.05) is 0 Å². The van der Waals surface area contributed by atoms with Gasteiger partial charge in [-0.15, -0.1) is 0 Å². The molecule has 3 aromatic carbocycles. The number of hydrogen-bond donors (Lipinski definition) is 1. The van der Waals surface area contributed by atoms with Crippen LogP contribution < -0.4 is 0 Å². The Hall–Kier alpha value is -2.68. The number of aliphatic hydroxyl groups is 1. The van der Waals surface area contributed by atoms with Crippen molar-refractivity contribution in [1.29, 1.82) is 0 Å². The van der Waals surface area contributed by atoms with Crippen LogP contribution in [0, 0.1) is 46.3 Å². The summed E-state index contributed by atoms with van der Waals surface area (Å²) in [4.78, 5) is 0. The molecule has 0 bridgehead atoms. The molecular weight excluding hydrogens is 585 g/mol. The second-order valence-electron chi connectivity index (χ2n) is 17.4. The highest BCUT2D eigenvalue weighted by Gasteiger charge is 2.65. The van der Waals surface area contributed by atoms with Gasteiger partial charge < -0.3 is 9.84 Å². The first-order valence-corrected chi connectivity index (χ1v) is 19.4. The maximum atomic E-state index is 10.5. The van der Waals surface area contributed by atoms with Crippen LogP contribution in [0.1, 0.15) is 109 Å². The number of hydrogen-bond acceptors (Lipinski definition) is 2. The summed E-state index contributed by atoms with van der Waals surface area (Å²) >= 11 is 0. The molecule has 5 aliphatic rings. The third-order valence-corrected chi connectivity index (χ3v) is 15.2. The highest BCUT2D eigenvalue weighted by Crippen LogP contribution is 2.70. The third kappa shape index (κ3) is 5.19. The molecule has 3 unspecified atom stereocenters. The fourth-order valence-corrected chi connectivity index (χ4v) is 12.9. The van der Waals surface area contributed by atoms with Crippen LogP contribution in [0.2, 0.25) is 0 Å². The molecular formula is C46H58O2. The first-order chi connectivity index (χ1) is 23.2. The highest BCUT2D eigenvalue weighted by molar-refractivity contribution is 5.55. The maximum absolute atomic E-state index is 10.5. The van der Waals surface area contributed by atoms with E-state index < -0.39 is 0 Å². The quantitative estimate of drug-likeness (QED) is 0.205. The summed E-state index contributed by atoms with van der Waals surface area (Å²) in [5.74, 6) is 4.53. The maximum Gasteiger partial charge on any atom is 0.0634 e. The monoisotopic (exact) mass is 642 g/mol. The first kappa shape index (κ1) is 32.5. The Morgan fingerprint density at radius 3 is 1.96 bits per heavy atom. The van der Waals surface area contributed by atoms with E-state index in [1.165, 1.54) is 60.8 Å². The Kier molecular flexibility index (Phi) is 8.52. The molecule has 1 N–H and O–H groups in total. The molecule has 1 aliphatic heterocycles. The van der Waals surface area contributed by atoms with Crippen LogP contribution in [0.4, 0.5) is 0 Å². The topological polar surface area (TPSA) is 29.5 Å². The summed E-state index contributed by atoms with van der Waals surface area (Å²) < 4.78 is 7.15. The lowest BCUT2D eigenvalue weighted by Gasteiger charge is -2.61. The molecule has 11 atom stereocenters. The van der Waals surface area contributed by atoms with E-state index in [1.54, 1.807) is 0 Å². The van der Waals surface area contributed by atoms with Gasteiger partial charge in [0, 0.05) is 0 Å². The van der Waals surface area contributed by atoms with Gasteiger partial charge in [-0.3, -0.25) is 0 Å². The van der Waals surface area contributed by atoms with Gasteiger partial charge in [0.25, 0.3) is 0 Å². The van der Waals surface area contributed by atoms with E-state index in [-0.39, 0.29) is 11.5 Å². The van der Waals surface area contributed by atoms with Crippen molar-refractivity contribution in [2.45, 2.75) is 116 Å². The lowest BCUT2D eigenvalue weighted by Crippen LogP contribution is -2.54. The second-order valence-corrected chi connectivity index (χ2v) is 17.4. The van der Waals surface area contributed by atoms with Crippen molar-refractivity contribution < 1.29 is 9.84 Å². The van der Waals surface area contributed by atoms with E-state index in [1.807, 2.05) is 0 Å². The molecule has 2 nitrogen and oxygen atoms in total. The van der Waals surface area contributed by atoms with E-state index in [2.05, 4.69) is 125 Å². The molecule has 4 saturated carbocycles. The molecule has 2 heteroatoms. The molecule has 4 aliphatic carbocycles. The van der Waals surface area contributed by atoms with Gasteiger partial charge >= 0.3 is 0 Å². The predicted molar refractivity (Wildman–Crippen MR) is 197 cm³/mol. The van der Waals surface area contributed by atoms with Crippen molar-refractivity contribution in [3.63, 3.8) is 0 Å². The fourth-order valence-electron chi connectivity index (χ4n) is 12.9. The molecule has 0 aromatic heterocycles. The van der Waals surface area contributed by atoms with Crippen LogP contribution in [0.15, 0.2) is 103 Å².